The Kier molecular flexibility index (Phi) is 7.99. The average Bonchev–Trinajstić information content (AvgIpc) is 2.85. The van der Waals surface area contributed by atoms with Gasteiger partial charge >= 0.3 is 6.18 Å². The quantitative estimate of drug-likeness (QED) is 0.460. The zero-order valence-electron chi connectivity index (χ0n) is 18.9. The van der Waals surface area contributed by atoms with E-state index >= 15 is 0 Å². The number of hydrogen-bond acceptors (Lipinski definition) is 5. The van der Waals surface area contributed by atoms with Gasteiger partial charge in [0.1, 0.15) is 11.4 Å². The van der Waals surface area contributed by atoms with Crippen LogP contribution in [0.25, 0.3) is 11.1 Å². The summed E-state index contributed by atoms with van der Waals surface area (Å²) in [5.74, 6) is 0.0342. The second-order valence-corrected chi connectivity index (χ2v) is 7.98. The second-order valence-electron chi connectivity index (χ2n) is 7.58. The number of halogens is 4. The van der Waals surface area contributed by atoms with Crippen LogP contribution in [0.15, 0.2) is 48.7 Å². The first-order valence-electron chi connectivity index (χ1n) is 10.4. The van der Waals surface area contributed by atoms with Gasteiger partial charge in [-0.15, -0.1) is 0 Å². The molecule has 0 saturated heterocycles. The number of rotatable bonds is 7. The highest BCUT2D eigenvalue weighted by Gasteiger charge is 2.33. The van der Waals surface area contributed by atoms with Crippen molar-refractivity contribution in [3.8, 4) is 22.9 Å². The normalized spacial score (nSPS) is 11.1. The number of pyridine rings is 1. The van der Waals surface area contributed by atoms with Gasteiger partial charge < -0.3 is 14.7 Å². The lowest BCUT2D eigenvalue weighted by molar-refractivity contribution is -0.141. The number of aryl methyl sites for hydroxylation is 1. The van der Waals surface area contributed by atoms with Crippen LogP contribution in [0.3, 0.4) is 0 Å². The van der Waals surface area contributed by atoms with E-state index in [0.717, 1.165) is 6.20 Å². The fraction of sp³-hybridized carbons (Fsp3) is 0.240. The van der Waals surface area contributed by atoms with Crippen molar-refractivity contribution in [1.29, 1.82) is 5.26 Å². The molecule has 10 heteroatoms. The van der Waals surface area contributed by atoms with Gasteiger partial charge in [-0.1, -0.05) is 23.7 Å². The van der Waals surface area contributed by atoms with Gasteiger partial charge in [0, 0.05) is 41.6 Å². The summed E-state index contributed by atoms with van der Waals surface area (Å²) in [6.07, 6.45) is -3.11. The number of benzene rings is 2. The fourth-order valence-corrected chi connectivity index (χ4v) is 3.90. The van der Waals surface area contributed by atoms with Crippen LogP contribution in [0, 0.1) is 11.3 Å². The summed E-state index contributed by atoms with van der Waals surface area (Å²) in [7, 11) is 3.04. The molecule has 0 atom stereocenters. The molecule has 0 radical (unpaired) electrons. The van der Waals surface area contributed by atoms with Gasteiger partial charge in [-0.25, -0.2) is 0 Å². The van der Waals surface area contributed by atoms with Gasteiger partial charge in [-0.2, -0.15) is 18.4 Å². The number of ether oxygens (including phenoxy) is 1. The molecule has 6 nitrogen and oxygen atoms in total. The van der Waals surface area contributed by atoms with Crippen molar-refractivity contribution < 1.29 is 27.8 Å². The van der Waals surface area contributed by atoms with Crippen LogP contribution in [0.4, 0.5) is 18.9 Å². The standard InChI is InChI=1S/C25H21ClF3N3O3/c1-32(21-7-3-4-8-22(21)35-2)24(34)17-12-18(20(26)10-15(17)6-5-9-33)19-14-31-23(25(27,28)29)11-16(19)13-30/h3-4,7-8,10-12,14,33H,5-6,9H2,1-2H3. The van der Waals surface area contributed by atoms with Gasteiger partial charge in [0.05, 0.1) is 24.4 Å². The second kappa shape index (κ2) is 10.8. The molecule has 0 unspecified atom stereocenters. The Morgan fingerprint density at radius 3 is 2.57 bits per heavy atom. The number of aromatic nitrogens is 1. The first-order chi connectivity index (χ1) is 16.6. The third kappa shape index (κ3) is 5.56. The molecular weight excluding hydrogens is 483 g/mol. The highest BCUT2D eigenvalue weighted by molar-refractivity contribution is 6.33. The molecule has 182 valence electrons. The van der Waals surface area contributed by atoms with Crippen molar-refractivity contribution in [1.82, 2.24) is 4.98 Å². The fourth-order valence-electron chi connectivity index (χ4n) is 3.61. The number of alkyl halides is 3. The number of anilines is 1. The first-order valence-corrected chi connectivity index (χ1v) is 10.8. The van der Waals surface area contributed by atoms with E-state index in [9.17, 15) is 28.3 Å². The number of aliphatic hydroxyl groups is 1. The molecule has 0 spiro atoms. The maximum absolute atomic E-state index is 13.6. The molecule has 0 fully saturated rings. The highest BCUT2D eigenvalue weighted by atomic mass is 35.5. The number of aliphatic hydroxyl groups excluding tert-OH is 1. The minimum atomic E-state index is -4.72. The summed E-state index contributed by atoms with van der Waals surface area (Å²) < 4.78 is 44.6. The Morgan fingerprint density at radius 2 is 1.94 bits per heavy atom. The van der Waals surface area contributed by atoms with Crippen LogP contribution < -0.4 is 9.64 Å². The van der Waals surface area contributed by atoms with Crippen molar-refractivity contribution in [2.45, 2.75) is 19.0 Å². The third-order valence-electron chi connectivity index (χ3n) is 5.38. The monoisotopic (exact) mass is 503 g/mol. The van der Waals surface area contributed by atoms with Gasteiger partial charge in [0.15, 0.2) is 0 Å². The van der Waals surface area contributed by atoms with Crippen LogP contribution in [-0.4, -0.2) is 36.8 Å². The molecule has 3 aromatic rings. The SMILES string of the molecule is COc1ccccc1N(C)C(=O)c1cc(-c2cnc(C(F)(F)F)cc2C#N)c(Cl)cc1CCCO. The maximum atomic E-state index is 13.6. The van der Waals surface area contributed by atoms with E-state index in [0.29, 0.717) is 35.9 Å². The van der Waals surface area contributed by atoms with Gasteiger partial charge in [0.2, 0.25) is 0 Å². The van der Waals surface area contributed by atoms with Gasteiger partial charge in [0.25, 0.3) is 5.91 Å². The Morgan fingerprint density at radius 1 is 1.23 bits per heavy atom. The molecule has 0 aliphatic rings. The van der Waals surface area contributed by atoms with E-state index in [4.69, 9.17) is 16.3 Å². The number of amides is 1. The van der Waals surface area contributed by atoms with Crippen molar-refractivity contribution >= 4 is 23.2 Å². The molecule has 1 amide bonds. The molecule has 0 saturated carbocycles. The Labute approximate surface area is 205 Å². The Bertz CT molecular complexity index is 1290. The van der Waals surface area contributed by atoms with E-state index in [2.05, 4.69) is 4.98 Å². The Hall–Kier alpha value is -3.61. The highest BCUT2D eigenvalue weighted by Crippen LogP contribution is 2.37. The predicted molar refractivity (Wildman–Crippen MR) is 126 cm³/mol. The summed E-state index contributed by atoms with van der Waals surface area (Å²) in [5, 5.41) is 18.9. The number of para-hydroxylation sites is 2. The molecule has 0 bridgehead atoms. The lowest BCUT2D eigenvalue weighted by atomic mass is 9.94. The molecule has 1 aromatic heterocycles. The summed E-state index contributed by atoms with van der Waals surface area (Å²) in [6.45, 7) is -0.114. The number of nitrogens with zero attached hydrogens (tertiary/aromatic N) is 3. The molecule has 2 aromatic carbocycles. The topological polar surface area (TPSA) is 86.5 Å². The number of carbonyl (C=O) groups is 1. The summed E-state index contributed by atoms with van der Waals surface area (Å²) in [6, 6.07) is 12.3. The smallest absolute Gasteiger partial charge is 0.433 e. The predicted octanol–water partition coefficient (Wildman–Crippen LogP) is 5.50. The van der Waals surface area contributed by atoms with E-state index in [1.807, 2.05) is 0 Å². The minimum Gasteiger partial charge on any atom is -0.495 e. The zero-order chi connectivity index (χ0) is 25.8. The van der Waals surface area contributed by atoms with E-state index in [-0.39, 0.29) is 33.9 Å². The third-order valence-corrected chi connectivity index (χ3v) is 5.70. The van der Waals surface area contributed by atoms with Crippen LogP contribution in [-0.2, 0) is 12.6 Å². The summed E-state index contributed by atoms with van der Waals surface area (Å²) >= 11 is 6.46. The van der Waals surface area contributed by atoms with Gasteiger partial charge in [-0.3, -0.25) is 9.78 Å². The Balaban J connectivity index is 2.17. The molecular formula is C25H21ClF3N3O3. The van der Waals surface area contributed by atoms with Crippen molar-refractivity contribution in [3.05, 3.63) is 76.1 Å². The zero-order valence-corrected chi connectivity index (χ0v) is 19.6. The van der Waals surface area contributed by atoms with Crippen LogP contribution in [0.2, 0.25) is 5.02 Å². The summed E-state index contributed by atoms with van der Waals surface area (Å²) in [5.41, 5.74) is 0.0168. The van der Waals surface area contributed by atoms with Crippen molar-refractivity contribution in [3.63, 3.8) is 0 Å². The number of carbonyl (C=O) groups excluding carboxylic acids is 1. The van der Waals surface area contributed by atoms with Crippen LogP contribution >= 0.6 is 11.6 Å². The van der Waals surface area contributed by atoms with E-state index in [1.165, 1.54) is 24.1 Å². The first kappa shape index (κ1) is 26.0. The number of hydrogen-bond donors (Lipinski definition) is 1. The van der Waals surface area contributed by atoms with Crippen molar-refractivity contribution in [2.24, 2.45) is 0 Å². The molecule has 35 heavy (non-hydrogen) atoms. The van der Waals surface area contributed by atoms with Crippen LogP contribution in [0.5, 0.6) is 5.75 Å². The van der Waals surface area contributed by atoms with E-state index in [1.54, 1.807) is 37.4 Å². The van der Waals surface area contributed by atoms with Crippen molar-refractivity contribution in [2.75, 3.05) is 25.7 Å². The maximum Gasteiger partial charge on any atom is 0.433 e. The average molecular weight is 504 g/mol. The largest absolute Gasteiger partial charge is 0.495 e. The lowest BCUT2D eigenvalue weighted by Gasteiger charge is -2.22. The summed E-state index contributed by atoms with van der Waals surface area (Å²) in [4.78, 5) is 18.4. The van der Waals surface area contributed by atoms with Crippen LogP contribution in [0.1, 0.15) is 33.6 Å². The minimum absolute atomic E-state index is 0.0632. The lowest BCUT2D eigenvalue weighted by Crippen LogP contribution is -2.28. The van der Waals surface area contributed by atoms with Gasteiger partial charge in [-0.05, 0) is 48.7 Å². The molecule has 3 rings (SSSR count). The molecule has 0 aliphatic carbocycles. The number of methoxy groups -OCH3 is 1. The van der Waals surface area contributed by atoms with E-state index < -0.39 is 17.8 Å². The number of nitriles is 1. The molecule has 1 N–H and O–H groups in total. The molecule has 1 heterocycles. The molecule has 0 aliphatic heterocycles.